The third-order valence-corrected chi connectivity index (χ3v) is 5.57. The number of nitriles is 1. The van der Waals surface area contributed by atoms with Crippen LogP contribution in [0.4, 0.5) is 5.69 Å². The van der Waals surface area contributed by atoms with E-state index in [2.05, 4.69) is 20.9 Å². The van der Waals surface area contributed by atoms with Gasteiger partial charge in [0.15, 0.2) is 0 Å². The quantitative estimate of drug-likeness (QED) is 0.369. The van der Waals surface area contributed by atoms with Crippen LogP contribution in [0.2, 0.25) is 0 Å². The molecular formula is C20H23N5O4S. The van der Waals surface area contributed by atoms with Crippen molar-refractivity contribution in [1.82, 2.24) is 15.6 Å². The number of sulfonamides is 1. The van der Waals surface area contributed by atoms with Gasteiger partial charge in [-0.3, -0.25) is 20.4 Å². The molecule has 0 aliphatic carbocycles. The summed E-state index contributed by atoms with van der Waals surface area (Å²) in [4.78, 5) is 24.1. The Kier molecular flexibility index (Phi) is 7.91. The summed E-state index contributed by atoms with van der Waals surface area (Å²) in [6, 6.07) is 12.8. The van der Waals surface area contributed by atoms with E-state index in [1.54, 1.807) is 0 Å². The molecule has 2 rings (SSSR count). The predicted molar refractivity (Wildman–Crippen MR) is 112 cm³/mol. The summed E-state index contributed by atoms with van der Waals surface area (Å²) in [6.07, 6.45) is 0.0533. The lowest BCUT2D eigenvalue weighted by Crippen LogP contribution is -2.44. The van der Waals surface area contributed by atoms with E-state index < -0.39 is 21.8 Å². The fraction of sp³-hybridized carbons (Fsp3) is 0.250. The summed E-state index contributed by atoms with van der Waals surface area (Å²) in [7, 11) is -3.75. The van der Waals surface area contributed by atoms with Crippen molar-refractivity contribution in [1.29, 1.82) is 5.26 Å². The number of hydrogen-bond acceptors (Lipinski definition) is 6. The molecule has 0 bridgehead atoms. The number of carbonyl (C=O) groups is 2. The average Bonchev–Trinajstić information content (AvgIpc) is 2.71. The molecule has 158 valence electrons. The van der Waals surface area contributed by atoms with Gasteiger partial charge in [-0.2, -0.15) is 5.26 Å². The molecule has 0 atom stereocenters. The van der Waals surface area contributed by atoms with Crippen molar-refractivity contribution in [2.75, 3.05) is 18.4 Å². The lowest BCUT2D eigenvalue weighted by Gasteiger charge is -2.11. The smallest absolute Gasteiger partial charge is 0.269 e. The van der Waals surface area contributed by atoms with Crippen molar-refractivity contribution in [2.24, 2.45) is 0 Å². The maximum absolute atomic E-state index is 12.1. The molecule has 2 amide bonds. The third-order valence-electron chi connectivity index (χ3n) is 4.09. The first-order valence-corrected chi connectivity index (χ1v) is 10.6. The van der Waals surface area contributed by atoms with Crippen LogP contribution in [0, 0.1) is 25.2 Å². The Morgan fingerprint density at radius 3 is 2.37 bits per heavy atom. The minimum atomic E-state index is -3.75. The van der Waals surface area contributed by atoms with Gasteiger partial charge in [-0.05, 0) is 49.7 Å². The lowest BCUT2D eigenvalue weighted by atomic mass is 10.1. The lowest BCUT2D eigenvalue weighted by molar-refractivity contribution is -0.120. The monoisotopic (exact) mass is 429 g/mol. The van der Waals surface area contributed by atoms with E-state index in [4.69, 9.17) is 5.26 Å². The van der Waals surface area contributed by atoms with E-state index >= 15 is 0 Å². The molecular weight excluding hydrogens is 406 g/mol. The minimum absolute atomic E-state index is 0.00323. The Hall–Kier alpha value is -3.42. The maximum atomic E-state index is 12.1. The minimum Gasteiger partial charge on any atom is -0.376 e. The van der Waals surface area contributed by atoms with E-state index in [0.29, 0.717) is 0 Å². The Balaban J connectivity index is 1.85. The zero-order valence-corrected chi connectivity index (χ0v) is 17.5. The molecule has 4 N–H and O–H groups in total. The summed E-state index contributed by atoms with van der Waals surface area (Å²) in [6.45, 7) is 3.88. The maximum Gasteiger partial charge on any atom is 0.269 e. The van der Waals surface area contributed by atoms with E-state index in [-0.39, 0.29) is 30.0 Å². The molecule has 0 saturated heterocycles. The SMILES string of the molecule is Cc1ccc(NCC(=O)NNC(=O)c2ccc(S(=O)(=O)NCCC#N)cc2)c(C)c1. The van der Waals surface area contributed by atoms with Crippen molar-refractivity contribution in [3.8, 4) is 6.07 Å². The molecule has 0 fully saturated rings. The van der Waals surface area contributed by atoms with Crippen LogP contribution in [-0.2, 0) is 14.8 Å². The summed E-state index contributed by atoms with van der Waals surface area (Å²) in [5.41, 5.74) is 7.70. The van der Waals surface area contributed by atoms with Gasteiger partial charge in [0.2, 0.25) is 10.0 Å². The number of rotatable bonds is 8. The number of amides is 2. The first-order valence-electron chi connectivity index (χ1n) is 9.10. The molecule has 0 spiro atoms. The van der Waals surface area contributed by atoms with Crippen LogP contribution in [0.5, 0.6) is 0 Å². The fourth-order valence-corrected chi connectivity index (χ4v) is 3.57. The first kappa shape index (κ1) is 22.9. The van der Waals surface area contributed by atoms with Crippen LogP contribution in [0.15, 0.2) is 47.4 Å². The summed E-state index contributed by atoms with van der Waals surface area (Å²) in [5.74, 6) is -1.03. The van der Waals surface area contributed by atoms with Gasteiger partial charge in [0.1, 0.15) is 0 Å². The zero-order chi connectivity index (χ0) is 22.1. The molecule has 0 aliphatic heterocycles. The first-order chi connectivity index (χ1) is 14.2. The van der Waals surface area contributed by atoms with Gasteiger partial charge in [-0.25, -0.2) is 13.1 Å². The van der Waals surface area contributed by atoms with E-state index in [9.17, 15) is 18.0 Å². The number of anilines is 1. The number of nitrogens with one attached hydrogen (secondary N) is 4. The Morgan fingerprint density at radius 2 is 1.73 bits per heavy atom. The Labute approximate surface area is 175 Å². The van der Waals surface area contributed by atoms with Crippen molar-refractivity contribution in [3.05, 3.63) is 59.2 Å². The van der Waals surface area contributed by atoms with Gasteiger partial charge < -0.3 is 5.32 Å². The van der Waals surface area contributed by atoms with Crippen molar-refractivity contribution < 1.29 is 18.0 Å². The van der Waals surface area contributed by atoms with Crippen LogP contribution < -0.4 is 20.9 Å². The van der Waals surface area contributed by atoms with Crippen LogP contribution in [-0.4, -0.2) is 33.3 Å². The van der Waals surface area contributed by atoms with Gasteiger partial charge in [0, 0.05) is 24.2 Å². The number of nitrogens with zero attached hydrogens (tertiary/aromatic N) is 1. The van der Waals surface area contributed by atoms with E-state index in [1.807, 2.05) is 38.1 Å². The Morgan fingerprint density at radius 1 is 1.03 bits per heavy atom. The number of carbonyl (C=O) groups excluding carboxylic acids is 2. The molecule has 30 heavy (non-hydrogen) atoms. The van der Waals surface area contributed by atoms with Gasteiger partial charge in [-0.1, -0.05) is 17.7 Å². The second kappa shape index (κ2) is 10.4. The van der Waals surface area contributed by atoms with Gasteiger partial charge in [-0.15, -0.1) is 0 Å². The van der Waals surface area contributed by atoms with Crippen molar-refractivity contribution >= 4 is 27.5 Å². The highest BCUT2D eigenvalue weighted by molar-refractivity contribution is 7.89. The van der Waals surface area contributed by atoms with Crippen LogP contribution in [0.1, 0.15) is 27.9 Å². The fourth-order valence-electron chi connectivity index (χ4n) is 2.54. The molecule has 10 heteroatoms. The number of benzene rings is 2. The summed E-state index contributed by atoms with van der Waals surface area (Å²) >= 11 is 0. The molecule has 0 heterocycles. The standard InChI is InChI=1S/C20H23N5O4S/c1-14-4-9-18(15(2)12-14)22-13-19(26)24-25-20(27)16-5-7-17(8-6-16)30(28,29)23-11-3-10-21/h4-9,12,22-23H,3,11,13H2,1-2H3,(H,24,26)(H,25,27). The van der Waals surface area contributed by atoms with Gasteiger partial charge in [0.05, 0.1) is 17.5 Å². The van der Waals surface area contributed by atoms with Crippen molar-refractivity contribution in [2.45, 2.75) is 25.2 Å². The van der Waals surface area contributed by atoms with Crippen LogP contribution in [0.3, 0.4) is 0 Å². The average molecular weight is 430 g/mol. The summed E-state index contributed by atoms with van der Waals surface area (Å²) < 4.78 is 26.4. The third kappa shape index (κ3) is 6.58. The molecule has 0 aliphatic rings. The number of hydrazine groups is 1. The number of hydrogen-bond donors (Lipinski definition) is 4. The van der Waals surface area contributed by atoms with Gasteiger partial charge >= 0.3 is 0 Å². The molecule has 9 nitrogen and oxygen atoms in total. The summed E-state index contributed by atoms with van der Waals surface area (Å²) in [5, 5.41) is 11.5. The topological polar surface area (TPSA) is 140 Å². The van der Waals surface area contributed by atoms with Crippen molar-refractivity contribution in [3.63, 3.8) is 0 Å². The Bertz CT molecular complexity index is 1060. The van der Waals surface area contributed by atoms with Gasteiger partial charge in [0.25, 0.3) is 11.8 Å². The predicted octanol–water partition coefficient (Wildman–Crippen LogP) is 1.37. The molecule has 0 saturated carbocycles. The van der Waals surface area contributed by atoms with Crippen LogP contribution in [0.25, 0.3) is 0 Å². The highest BCUT2D eigenvalue weighted by Gasteiger charge is 2.14. The highest BCUT2D eigenvalue weighted by Crippen LogP contribution is 2.15. The molecule has 0 aromatic heterocycles. The highest BCUT2D eigenvalue weighted by atomic mass is 32.2. The molecule has 0 radical (unpaired) electrons. The zero-order valence-electron chi connectivity index (χ0n) is 16.7. The molecule has 2 aromatic carbocycles. The molecule has 0 unspecified atom stereocenters. The normalized spacial score (nSPS) is 10.7. The van der Waals surface area contributed by atoms with Crippen LogP contribution >= 0.6 is 0 Å². The molecule has 2 aromatic rings. The van der Waals surface area contributed by atoms with E-state index in [1.165, 1.54) is 24.3 Å². The second-order valence-electron chi connectivity index (χ2n) is 6.50. The van der Waals surface area contributed by atoms with E-state index in [0.717, 1.165) is 16.8 Å². The largest absolute Gasteiger partial charge is 0.376 e. The second-order valence-corrected chi connectivity index (χ2v) is 8.27. The number of aryl methyl sites for hydroxylation is 2.